The number of aromatic amines is 1. The highest BCUT2D eigenvalue weighted by atomic mass is 16.3. The zero-order valence-electron chi connectivity index (χ0n) is 15.4. The number of imidazole rings is 2. The number of amides is 1. The number of aryl methyl sites for hydroxylation is 1. The zero-order valence-corrected chi connectivity index (χ0v) is 15.4. The highest BCUT2D eigenvalue weighted by Gasteiger charge is 2.34. The van der Waals surface area contributed by atoms with Gasteiger partial charge in [-0.1, -0.05) is 0 Å². The van der Waals surface area contributed by atoms with Crippen LogP contribution in [0.25, 0.3) is 16.7 Å². The van der Waals surface area contributed by atoms with Crippen molar-refractivity contribution in [2.45, 2.75) is 19.4 Å². The van der Waals surface area contributed by atoms with Crippen LogP contribution in [0.1, 0.15) is 21.9 Å². The summed E-state index contributed by atoms with van der Waals surface area (Å²) in [5, 5.41) is 10.5. The van der Waals surface area contributed by atoms with Crippen LogP contribution < -0.4 is 0 Å². The van der Waals surface area contributed by atoms with Gasteiger partial charge in [0.2, 0.25) is 0 Å². The van der Waals surface area contributed by atoms with E-state index >= 15 is 0 Å². The lowest BCUT2D eigenvalue weighted by Gasteiger charge is -2.16. The summed E-state index contributed by atoms with van der Waals surface area (Å²) in [6, 6.07) is 5.46. The van der Waals surface area contributed by atoms with Gasteiger partial charge in [0.25, 0.3) is 5.91 Å². The van der Waals surface area contributed by atoms with Gasteiger partial charge in [0.1, 0.15) is 5.82 Å². The second-order valence-corrected chi connectivity index (χ2v) is 7.37. The van der Waals surface area contributed by atoms with Gasteiger partial charge >= 0.3 is 0 Å². The Bertz CT molecular complexity index is 1180. The lowest BCUT2D eigenvalue weighted by molar-refractivity contribution is 0.0765. The molecule has 1 aliphatic heterocycles. The van der Waals surface area contributed by atoms with Crippen LogP contribution in [0.15, 0.2) is 43.0 Å². The molecule has 142 valence electrons. The SMILES string of the molecule is Cc1nc2ccc(C(=O)N3C[C@H](Cc4cn5ccnc5cn4)[C@H](O)C3)cc2[nH]1. The number of fused-ring (bicyclic) bond motifs is 2. The molecule has 3 aromatic heterocycles. The molecule has 2 atom stereocenters. The molecule has 2 N–H and O–H groups in total. The van der Waals surface area contributed by atoms with E-state index in [1.54, 1.807) is 23.4 Å². The summed E-state index contributed by atoms with van der Waals surface area (Å²) < 4.78 is 1.91. The molecule has 1 amide bonds. The summed E-state index contributed by atoms with van der Waals surface area (Å²) in [6.45, 7) is 2.72. The Morgan fingerprint density at radius 2 is 2.21 bits per heavy atom. The van der Waals surface area contributed by atoms with E-state index in [-0.39, 0.29) is 11.8 Å². The van der Waals surface area contributed by atoms with Crippen LogP contribution in [0, 0.1) is 12.8 Å². The Hall–Kier alpha value is -3.26. The summed E-state index contributed by atoms with van der Waals surface area (Å²) in [5.74, 6) is 0.697. The van der Waals surface area contributed by atoms with Crippen molar-refractivity contribution in [1.82, 2.24) is 29.2 Å². The highest BCUT2D eigenvalue weighted by molar-refractivity contribution is 5.97. The maximum absolute atomic E-state index is 12.9. The Labute approximate surface area is 160 Å². The number of hydrogen-bond donors (Lipinski definition) is 2. The minimum atomic E-state index is -0.567. The van der Waals surface area contributed by atoms with Crippen LogP contribution in [-0.2, 0) is 6.42 Å². The molecular formula is C20H20N6O2. The molecule has 28 heavy (non-hydrogen) atoms. The zero-order chi connectivity index (χ0) is 19.3. The fourth-order valence-corrected chi connectivity index (χ4v) is 3.92. The van der Waals surface area contributed by atoms with Gasteiger partial charge in [-0.05, 0) is 31.5 Å². The van der Waals surface area contributed by atoms with E-state index in [1.165, 1.54) is 0 Å². The number of aliphatic hydroxyl groups is 1. The molecule has 8 heteroatoms. The van der Waals surface area contributed by atoms with Crippen molar-refractivity contribution < 1.29 is 9.90 Å². The van der Waals surface area contributed by atoms with Crippen LogP contribution in [0.3, 0.4) is 0 Å². The van der Waals surface area contributed by atoms with E-state index in [4.69, 9.17) is 0 Å². The average Bonchev–Trinajstić information content (AvgIpc) is 3.38. The number of rotatable bonds is 3. The molecule has 0 aliphatic carbocycles. The van der Waals surface area contributed by atoms with Crippen molar-refractivity contribution in [2.75, 3.05) is 13.1 Å². The Morgan fingerprint density at radius 3 is 3.11 bits per heavy atom. The molecule has 0 bridgehead atoms. The minimum absolute atomic E-state index is 0.0458. The fraction of sp³-hybridized carbons (Fsp3) is 0.300. The second-order valence-electron chi connectivity index (χ2n) is 7.37. The number of nitrogens with zero attached hydrogens (tertiary/aromatic N) is 5. The van der Waals surface area contributed by atoms with Crippen LogP contribution in [0.4, 0.5) is 0 Å². The minimum Gasteiger partial charge on any atom is -0.391 e. The van der Waals surface area contributed by atoms with Gasteiger partial charge in [0, 0.05) is 43.2 Å². The molecular weight excluding hydrogens is 356 g/mol. The molecule has 4 aromatic rings. The molecule has 0 spiro atoms. The molecule has 1 fully saturated rings. The molecule has 5 rings (SSSR count). The summed E-state index contributed by atoms with van der Waals surface area (Å²) in [4.78, 5) is 30.8. The normalized spacial score (nSPS) is 19.7. The van der Waals surface area contributed by atoms with Crippen molar-refractivity contribution in [1.29, 1.82) is 0 Å². The van der Waals surface area contributed by atoms with E-state index in [0.29, 0.717) is 25.1 Å². The maximum Gasteiger partial charge on any atom is 0.254 e. The largest absolute Gasteiger partial charge is 0.391 e. The number of likely N-dealkylation sites (tertiary alicyclic amines) is 1. The van der Waals surface area contributed by atoms with E-state index in [2.05, 4.69) is 19.9 Å². The van der Waals surface area contributed by atoms with Crippen molar-refractivity contribution in [2.24, 2.45) is 5.92 Å². The van der Waals surface area contributed by atoms with E-state index < -0.39 is 6.10 Å². The molecule has 1 aromatic carbocycles. The van der Waals surface area contributed by atoms with Gasteiger partial charge < -0.3 is 19.4 Å². The number of benzene rings is 1. The molecule has 8 nitrogen and oxygen atoms in total. The fourth-order valence-electron chi connectivity index (χ4n) is 3.92. The molecule has 1 saturated heterocycles. The van der Waals surface area contributed by atoms with Crippen LogP contribution in [0.5, 0.6) is 0 Å². The summed E-state index contributed by atoms with van der Waals surface area (Å²) in [6.07, 6.45) is 7.29. The van der Waals surface area contributed by atoms with Crippen molar-refractivity contribution >= 4 is 22.6 Å². The number of H-pyrrole nitrogens is 1. The number of β-amino-alcohol motifs (C(OH)–C–C–N with tert-alkyl or cyclic N) is 1. The van der Waals surface area contributed by atoms with E-state index in [1.807, 2.05) is 35.9 Å². The monoisotopic (exact) mass is 376 g/mol. The van der Waals surface area contributed by atoms with Gasteiger partial charge in [-0.15, -0.1) is 0 Å². The molecule has 0 radical (unpaired) electrons. The van der Waals surface area contributed by atoms with Gasteiger partial charge in [-0.25, -0.2) is 9.97 Å². The lowest BCUT2D eigenvalue weighted by Crippen LogP contribution is -2.29. The van der Waals surface area contributed by atoms with Gasteiger partial charge in [0.15, 0.2) is 5.65 Å². The van der Waals surface area contributed by atoms with Crippen LogP contribution in [-0.4, -0.2) is 59.4 Å². The Balaban J connectivity index is 1.33. The van der Waals surface area contributed by atoms with Crippen LogP contribution in [0.2, 0.25) is 0 Å². The topological polar surface area (TPSA) is 99.4 Å². The third-order valence-electron chi connectivity index (χ3n) is 5.34. The first-order chi connectivity index (χ1) is 13.6. The lowest BCUT2D eigenvalue weighted by atomic mass is 10.0. The Morgan fingerprint density at radius 1 is 1.32 bits per heavy atom. The number of carbonyl (C=O) groups is 1. The van der Waals surface area contributed by atoms with Gasteiger partial charge in [0.05, 0.1) is 29.0 Å². The molecule has 4 heterocycles. The average molecular weight is 376 g/mol. The maximum atomic E-state index is 12.9. The van der Waals surface area contributed by atoms with Crippen molar-refractivity contribution in [3.8, 4) is 0 Å². The number of aliphatic hydroxyl groups excluding tert-OH is 1. The summed E-state index contributed by atoms with van der Waals surface area (Å²) in [7, 11) is 0. The number of nitrogens with one attached hydrogen (secondary N) is 1. The van der Waals surface area contributed by atoms with E-state index in [9.17, 15) is 9.90 Å². The second kappa shape index (κ2) is 6.42. The third-order valence-corrected chi connectivity index (χ3v) is 5.34. The first kappa shape index (κ1) is 16.9. The van der Waals surface area contributed by atoms with Crippen molar-refractivity contribution in [3.05, 3.63) is 60.1 Å². The summed E-state index contributed by atoms with van der Waals surface area (Å²) >= 11 is 0. The Kier molecular flexibility index (Phi) is 3.87. The smallest absolute Gasteiger partial charge is 0.254 e. The molecule has 0 unspecified atom stereocenters. The molecule has 1 aliphatic rings. The van der Waals surface area contributed by atoms with Crippen molar-refractivity contribution in [3.63, 3.8) is 0 Å². The highest BCUT2D eigenvalue weighted by Crippen LogP contribution is 2.24. The predicted molar refractivity (Wildman–Crippen MR) is 103 cm³/mol. The van der Waals surface area contributed by atoms with Gasteiger partial charge in [-0.2, -0.15) is 0 Å². The molecule has 0 saturated carbocycles. The van der Waals surface area contributed by atoms with E-state index in [0.717, 1.165) is 28.2 Å². The first-order valence-electron chi connectivity index (χ1n) is 9.28. The first-order valence-corrected chi connectivity index (χ1v) is 9.28. The number of hydrogen-bond acceptors (Lipinski definition) is 5. The standard InChI is InChI=1S/C20H20N6O2/c1-12-23-16-3-2-13(7-17(16)24-12)20(28)26-9-14(18(27)11-26)6-15-10-25-5-4-21-19(25)8-22-15/h2-5,7-8,10,14,18,27H,6,9,11H2,1H3,(H,23,24)/t14-,18+/m0/s1. The third kappa shape index (κ3) is 2.91. The quantitative estimate of drug-likeness (QED) is 0.566. The number of carbonyl (C=O) groups excluding carboxylic acids is 1. The predicted octanol–water partition coefficient (Wildman–Crippen LogP) is 1.59. The van der Waals surface area contributed by atoms with Gasteiger partial charge in [-0.3, -0.25) is 9.78 Å². The number of aromatic nitrogens is 5. The van der Waals surface area contributed by atoms with Crippen LogP contribution >= 0.6 is 0 Å². The summed E-state index contributed by atoms with van der Waals surface area (Å²) in [5.41, 5.74) is 3.95.